The second-order valence-corrected chi connectivity index (χ2v) is 6.54. The summed E-state index contributed by atoms with van der Waals surface area (Å²) in [5.74, 6) is 0.440. The van der Waals surface area contributed by atoms with Crippen LogP contribution in [0.5, 0.6) is 0 Å². The zero-order chi connectivity index (χ0) is 16.5. The number of nitrogens with zero attached hydrogens (tertiary/aromatic N) is 2. The first-order chi connectivity index (χ1) is 11.7. The predicted octanol–water partition coefficient (Wildman–Crippen LogP) is 2.11. The molecule has 2 aliphatic rings. The SMILES string of the molecule is O=C(N[C@H]1C[C@@H]2C[C@H]1N(C(=O)c1ccncc1)C2)c1ccccc1. The smallest absolute Gasteiger partial charge is 0.254 e. The molecule has 2 heterocycles. The molecule has 1 saturated carbocycles. The fourth-order valence-electron chi connectivity index (χ4n) is 3.92. The van der Waals surface area contributed by atoms with E-state index in [1.165, 1.54) is 0 Å². The summed E-state index contributed by atoms with van der Waals surface area (Å²) in [5, 5.41) is 3.12. The molecule has 1 aromatic heterocycles. The van der Waals surface area contributed by atoms with Crippen LogP contribution in [0.4, 0.5) is 0 Å². The normalized spacial score (nSPS) is 24.8. The first-order valence-electron chi connectivity index (χ1n) is 8.29. The van der Waals surface area contributed by atoms with Crippen LogP contribution < -0.4 is 5.32 Å². The van der Waals surface area contributed by atoms with Crippen LogP contribution >= 0.6 is 0 Å². The van der Waals surface area contributed by atoms with Crippen molar-refractivity contribution in [1.82, 2.24) is 15.2 Å². The molecule has 1 aliphatic carbocycles. The molecule has 0 radical (unpaired) electrons. The zero-order valence-electron chi connectivity index (χ0n) is 13.3. The van der Waals surface area contributed by atoms with Gasteiger partial charge in [-0.15, -0.1) is 0 Å². The number of carbonyl (C=O) groups excluding carboxylic acids is 2. The molecule has 1 aromatic carbocycles. The highest BCUT2D eigenvalue weighted by Crippen LogP contribution is 2.38. The molecule has 0 unspecified atom stereocenters. The summed E-state index contributed by atoms with van der Waals surface area (Å²) in [6.07, 6.45) is 5.19. The molecule has 2 amide bonds. The third-order valence-corrected chi connectivity index (χ3v) is 5.02. The number of pyridine rings is 1. The monoisotopic (exact) mass is 321 g/mol. The van der Waals surface area contributed by atoms with Crippen molar-refractivity contribution < 1.29 is 9.59 Å². The first-order valence-corrected chi connectivity index (χ1v) is 8.29. The standard InChI is InChI=1S/C19H19N3O2/c23-18(14-4-2-1-3-5-14)21-16-10-13-11-17(16)22(12-13)19(24)15-6-8-20-9-7-15/h1-9,13,16-17H,10-12H2,(H,21,23)/t13-,16+,17-/m1/s1. The number of fused-ring (bicyclic) bond motifs is 2. The molecule has 4 rings (SSSR count). The lowest BCUT2D eigenvalue weighted by atomic mass is 10.0. The van der Waals surface area contributed by atoms with Crippen molar-refractivity contribution in [2.75, 3.05) is 6.54 Å². The lowest BCUT2D eigenvalue weighted by Crippen LogP contribution is -2.51. The maximum atomic E-state index is 12.7. The predicted molar refractivity (Wildman–Crippen MR) is 89.5 cm³/mol. The number of amides is 2. The fraction of sp³-hybridized carbons (Fsp3) is 0.316. The summed E-state index contributed by atoms with van der Waals surface area (Å²) in [5.41, 5.74) is 1.32. The van der Waals surface area contributed by atoms with Gasteiger partial charge in [0, 0.05) is 36.1 Å². The number of piperidine rings is 1. The van der Waals surface area contributed by atoms with Crippen molar-refractivity contribution in [1.29, 1.82) is 0 Å². The van der Waals surface area contributed by atoms with Crippen molar-refractivity contribution in [3.8, 4) is 0 Å². The third-order valence-electron chi connectivity index (χ3n) is 5.02. The van der Waals surface area contributed by atoms with Crippen molar-refractivity contribution in [2.24, 2.45) is 5.92 Å². The van der Waals surface area contributed by atoms with E-state index < -0.39 is 0 Å². The Labute approximate surface area is 140 Å². The molecule has 2 bridgehead atoms. The minimum Gasteiger partial charge on any atom is -0.347 e. The van der Waals surface area contributed by atoms with Crippen LogP contribution in [0.15, 0.2) is 54.9 Å². The topological polar surface area (TPSA) is 62.3 Å². The van der Waals surface area contributed by atoms with Gasteiger partial charge in [-0.3, -0.25) is 14.6 Å². The summed E-state index contributed by atoms with van der Waals surface area (Å²) in [4.78, 5) is 31.0. The molecule has 0 spiro atoms. The molecule has 24 heavy (non-hydrogen) atoms. The number of nitrogens with one attached hydrogen (secondary N) is 1. The maximum Gasteiger partial charge on any atom is 0.254 e. The van der Waals surface area contributed by atoms with Gasteiger partial charge in [0.15, 0.2) is 0 Å². The molecule has 2 fully saturated rings. The molecular formula is C19H19N3O2. The Morgan fingerprint density at radius 3 is 2.46 bits per heavy atom. The van der Waals surface area contributed by atoms with Crippen LogP contribution in [0.3, 0.4) is 0 Å². The Morgan fingerprint density at radius 2 is 1.75 bits per heavy atom. The van der Waals surface area contributed by atoms with Crippen LogP contribution in [0.25, 0.3) is 0 Å². The molecule has 1 N–H and O–H groups in total. The number of carbonyl (C=O) groups is 2. The molecule has 3 atom stereocenters. The third kappa shape index (κ3) is 2.66. The Bertz CT molecular complexity index is 746. The van der Waals surface area contributed by atoms with E-state index in [2.05, 4.69) is 10.3 Å². The molecule has 5 nitrogen and oxygen atoms in total. The van der Waals surface area contributed by atoms with Crippen molar-refractivity contribution in [2.45, 2.75) is 24.9 Å². The van der Waals surface area contributed by atoms with E-state index in [4.69, 9.17) is 0 Å². The minimum atomic E-state index is -0.0653. The second-order valence-electron chi connectivity index (χ2n) is 6.54. The van der Waals surface area contributed by atoms with Gasteiger partial charge in [0.1, 0.15) is 0 Å². The molecule has 5 heteroatoms. The van der Waals surface area contributed by atoms with E-state index in [-0.39, 0.29) is 23.9 Å². The van der Waals surface area contributed by atoms with Crippen LogP contribution in [0.2, 0.25) is 0 Å². The highest BCUT2D eigenvalue weighted by atomic mass is 16.2. The molecule has 122 valence electrons. The Morgan fingerprint density at radius 1 is 1.00 bits per heavy atom. The quantitative estimate of drug-likeness (QED) is 0.942. The van der Waals surface area contributed by atoms with E-state index in [1.54, 1.807) is 24.5 Å². The number of benzene rings is 1. The number of aromatic nitrogens is 1. The highest BCUT2D eigenvalue weighted by molar-refractivity contribution is 5.96. The van der Waals surface area contributed by atoms with Crippen molar-refractivity contribution >= 4 is 11.8 Å². The van der Waals surface area contributed by atoms with E-state index >= 15 is 0 Å². The van der Waals surface area contributed by atoms with Crippen molar-refractivity contribution in [3.05, 3.63) is 66.0 Å². The van der Waals surface area contributed by atoms with Crippen LogP contribution in [-0.2, 0) is 0 Å². The van der Waals surface area contributed by atoms with Crippen LogP contribution in [-0.4, -0.2) is 40.3 Å². The van der Waals surface area contributed by atoms with Gasteiger partial charge in [-0.1, -0.05) is 18.2 Å². The molecule has 1 saturated heterocycles. The van der Waals surface area contributed by atoms with E-state index in [1.807, 2.05) is 35.2 Å². The summed E-state index contributed by atoms with van der Waals surface area (Å²) >= 11 is 0. The summed E-state index contributed by atoms with van der Waals surface area (Å²) < 4.78 is 0. The zero-order valence-corrected chi connectivity index (χ0v) is 13.3. The number of rotatable bonds is 3. The maximum absolute atomic E-state index is 12.7. The number of hydrogen-bond donors (Lipinski definition) is 1. The first kappa shape index (κ1) is 14.9. The average Bonchev–Trinajstić information content (AvgIpc) is 3.23. The number of likely N-dealkylation sites (tertiary alicyclic amines) is 1. The van der Waals surface area contributed by atoms with Gasteiger partial charge in [0.25, 0.3) is 11.8 Å². The lowest BCUT2D eigenvalue weighted by Gasteiger charge is -2.33. The van der Waals surface area contributed by atoms with E-state index in [0.29, 0.717) is 17.0 Å². The van der Waals surface area contributed by atoms with Gasteiger partial charge >= 0.3 is 0 Å². The van der Waals surface area contributed by atoms with E-state index in [0.717, 1.165) is 19.4 Å². The second kappa shape index (κ2) is 6.07. The van der Waals surface area contributed by atoms with Gasteiger partial charge < -0.3 is 10.2 Å². The van der Waals surface area contributed by atoms with Gasteiger partial charge in [-0.2, -0.15) is 0 Å². The summed E-state index contributed by atoms with van der Waals surface area (Å²) in [7, 11) is 0. The Hall–Kier alpha value is -2.69. The van der Waals surface area contributed by atoms with Gasteiger partial charge in [0.2, 0.25) is 0 Å². The van der Waals surface area contributed by atoms with Crippen LogP contribution in [0, 0.1) is 5.92 Å². The van der Waals surface area contributed by atoms with Gasteiger partial charge in [0.05, 0.1) is 6.04 Å². The Kier molecular flexibility index (Phi) is 3.76. The Balaban J connectivity index is 1.47. The van der Waals surface area contributed by atoms with Crippen molar-refractivity contribution in [3.63, 3.8) is 0 Å². The molecule has 2 aromatic rings. The number of hydrogen-bond acceptors (Lipinski definition) is 3. The average molecular weight is 321 g/mol. The van der Waals surface area contributed by atoms with E-state index in [9.17, 15) is 9.59 Å². The molecule has 1 aliphatic heterocycles. The lowest BCUT2D eigenvalue weighted by molar-refractivity contribution is 0.0648. The highest BCUT2D eigenvalue weighted by Gasteiger charge is 2.47. The largest absolute Gasteiger partial charge is 0.347 e. The van der Waals surface area contributed by atoms with Crippen LogP contribution in [0.1, 0.15) is 33.6 Å². The summed E-state index contributed by atoms with van der Waals surface area (Å²) in [6.45, 7) is 0.781. The fourth-order valence-corrected chi connectivity index (χ4v) is 3.92. The van der Waals surface area contributed by atoms with Gasteiger partial charge in [-0.25, -0.2) is 0 Å². The van der Waals surface area contributed by atoms with Gasteiger partial charge in [-0.05, 0) is 43.0 Å². The summed E-state index contributed by atoms with van der Waals surface area (Å²) in [6, 6.07) is 12.8. The minimum absolute atomic E-state index is 0.0299. The molecular weight excluding hydrogens is 302 g/mol.